The Kier molecular flexibility index (Phi) is 4.38. The van der Waals surface area contributed by atoms with Gasteiger partial charge in [-0.15, -0.1) is 0 Å². The van der Waals surface area contributed by atoms with Gasteiger partial charge in [0.15, 0.2) is 0 Å². The van der Waals surface area contributed by atoms with E-state index < -0.39 is 0 Å². The van der Waals surface area contributed by atoms with Crippen molar-refractivity contribution in [3.05, 3.63) is 68.9 Å². The first kappa shape index (κ1) is 14.7. The van der Waals surface area contributed by atoms with Gasteiger partial charge in [0.2, 0.25) is 0 Å². The molecule has 0 spiro atoms. The van der Waals surface area contributed by atoms with Gasteiger partial charge in [-0.2, -0.15) is 0 Å². The van der Waals surface area contributed by atoms with Gasteiger partial charge in [-0.3, -0.25) is 11.3 Å². The summed E-state index contributed by atoms with van der Waals surface area (Å²) in [7, 11) is 0. The van der Waals surface area contributed by atoms with Crippen molar-refractivity contribution in [3.63, 3.8) is 0 Å². The average molecular weight is 349 g/mol. The fourth-order valence-corrected chi connectivity index (χ4v) is 3.52. The molecule has 0 saturated carbocycles. The number of hydrazine groups is 1. The summed E-state index contributed by atoms with van der Waals surface area (Å²) >= 11 is 3.33. The Morgan fingerprint density at radius 3 is 2.71 bits per heavy atom. The molecule has 0 fully saturated rings. The number of nitrogens with one attached hydrogen (secondary N) is 1. The summed E-state index contributed by atoms with van der Waals surface area (Å²) in [6, 6.07) is 11.4. The highest BCUT2D eigenvalue weighted by atomic mass is 79.9. The molecule has 1 unspecified atom stereocenters. The molecule has 0 bridgehead atoms. The lowest BCUT2D eigenvalue weighted by molar-refractivity contribution is 0.544. The maximum absolute atomic E-state index is 13.5. The average Bonchev–Trinajstić information content (AvgIpc) is 2.91. The molecule has 3 N–H and O–H groups in total. The molecule has 0 heterocycles. The van der Waals surface area contributed by atoms with Crippen molar-refractivity contribution in [1.29, 1.82) is 0 Å². The van der Waals surface area contributed by atoms with Crippen LogP contribution in [0.2, 0.25) is 0 Å². The molecule has 2 aromatic rings. The van der Waals surface area contributed by atoms with Crippen molar-refractivity contribution in [2.45, 2.75) is 31.7 Å². The zero-order valence-electron chi connectivity index (χ0n) is 11.7. The number of hydrogen-bond donors (Lipinski definition) is 2. The molecule has 21 heavy (non-hydrogen) atoms. The van der Waals surface area contributed by atoms with Crippen LogP contribution in [0.4, 0.5) is 4.39 Å². The van der Waals surface area contributed by atoms with Gasteiger partial charge in [0.05, 0.1) is 6.04 Å². The third-order valence-electron chi connectivity index (χ3n) is 4.09. The lowest BCUT2D eigenvalue weighted by atomic mass is 9.97. The van der Waals surface area contributed by atoms with Crippen molar-refractivity contribution in [3.8, 4) is 0 Å². The minimum atomic E-state index is -0.256. The lowest BCUT2D eigenvalue weighted by Gasteiger charge is -2.17. The van der Waals surface area contributed by atoms with Gasteiger partial charge in [-0.1, -0.05) is 34.1 Å². The number of halogens is 2. The first-order valence-electron chi connectivity index (χ1n) is 7.18. The molecule has 0 saturated heterocycles. The van der Waals surface area contributed by atoms with Crippen LogP contribution in [0, 0.1) is 5.82 Å². The van der Waals surface area contributed by atoms with Crippen LogP contribution in [0.1, 0.15) is 34.7 Å². The van der Waals surface area contributed by atoms with Crippen molar-refractivity contribution in [2.75, 3.05) is 0 Å². The zero-order valence-corrected chi connectivity index (χ0v) is 13.3. The van der Waals surface area contributed by atoms with E-state index in [2.05, 4.69) is 39.6 Å². The maximum Gasteiger partial charge on any atom is 0.124 e. The fourth-order valence-electron chi connectivity index (χ4n) is 3.04. The Labute approximate surface area is 132 Å². The normalized spacial score (nSPS) is 15.0. The third kappa shape index (κ3) is 3.34. The number of nitrogens with two attached hydrogens (primary N) is 1. The van der Waals surface area contributed by atoms with E-state index in [9.17, 15) is 4.39 Å². The summed E-state index contributed by atoms with van der Waals surface area (Å²) in [6.45, 7) is 0. The molecule has 3 rings (SSSR count). The van der Waals surface area contributed by atoms with E-state index in [4.69, 9.17) is 5.84 Å². The second-order valence-corrected chi connectivity index (χ2v) is 6.50. The smallest absolute Gasteiger partial charge is 0.124 e. The highest BCUT2D eigenvalue weighted by Gasteiger charge is 2.15. The van der Waals surface area contributed by atoms with Gasteiger partial charge in [0.1, 0.15) is 5.82 Å². The summed E-state index contributed by atoms with van der Waals surface area (Å²) < 4.78 is 14.3. The SMILES string of the molecule is NNC(Cc1ccc2c(c1)CCC2)c1cc(F)cc(Br)c1. The van der Waals surface area contributed by atoms with Gasteiger partial charge in [0, 0.05) is 4.47 Å². The number of aryl methyl sites for hydroxylation is 2. The molecule has 0 amide bonds. The van der Waals surface area contributed by atoms with Crippen molar-refractivity contribution in [2.24, 2.45) is 5.84 Å². The molecule has 2 nitrogen and oxygen atoms in total. The Morgan fingerprint density at radius 2 is 1.95 bits per heavy atom. The quantitative estimate of drug-likeness (QED) is 0.651. The Balaban J connectivity index is 1.84. The summed E-state index contributed by atoms with van der Waals surface area (Å²) in [5, 5.41) is 0. The van der Waals surface area contributed by atoms with Gasteiger partial charge in [-0.05, 0) is 66.1 Å². The second kappa shape index (κ2) is 6.26. The molecule has 4 heteroatoms. The maximum atomic E-state index is 13.5. The third-order valence-corrected chi connectivity index (χ3v) is 4.55. The van der Waals surface area contributed by atoms with E-state index >= 15 is 0 Å². The first-order chi connectivity index (χ1) is 10.2. The van der Waals surface area contributed by atoms with Crippen LogP contribution in [-0.4, -0.2) is 0 Å². The van der Waals surface area contributed by atoms with Gasteiger partial charge in [-0.25, -0.2) is 4.39 Å². The van der Waals surface area contributed by atoms with Crippen LogP contribution < -0.4 is 11.3 Å². The Morgan fingerprint density at radius 1 is 1.14 bits per heavy atom. The topological polar surface area (TPSA) is 38.0 Å². The van der Waals surface area contributed by atoms with Crippen LogP contribution in [0.3, 0.4) is 0 Å². The largest absolute Gasteiger partial charge is 0.271 e. The van der Waals surface area contributed by atoms with Crippen LogP contribution in [0.5, 0.6) is 0 Å². The molecule has 0 aromatic heterocycles. The predicted molar refractivity (Wildman–Crippen MR) is 86.3 cm³/mol. The van der Waals surface area contributed by atoms with Crippen LogP contribution >= 0.6 is 15.9 Å². The molecule has 1 aliphatic rings. The summed E-state index contributed by atoms with van der Waals surface area (Å²) in [6.07, 6.45) is 4.34. The number of benzene rings is 2. The van der Waals surface area contributed by atoms with Crippen LogP contribution in [0.15, 0.2) is 40.9 Å². The molecule has 1 aliphatic carbocycles. The lowest BCUT2D eigenvalue weighted by Crippen LogP contribution is -2.29. The van der Waals surface area contributed by atoms with Gasteiger partial charge >= 0.3 is 0 Å². The van der Waals surface area contributed by atoms with Crippen molar-refractivity contribution < 1.29 is 4.39 Å². The van der Waals surface area contributed by atoms with E-state index in [1.807, 2.05) is 6.07 Å². The molecular formula is C17H18BrFN2. The zero-order chi connectivity index (χ0) is 14.8. The van der Waals surface area contributed by atoms with E-state index in [1.165, 1.54) is 41.7 Å². The molecule has 2 aromatic carbocycles. The number of fused-ring (bicyclic) bond motifs is 1. The van der Waals surface area contributed by atoms with Crippen LogP contribution in [0.25, 0.3) is 0 Å². The van der Waals surface area contributed by atoms with E-state index in [-0.39, 0.29) is 11.9 Å². The monoisotopic (exact) mass is 348 g/mol. The van der Waals surface area contributed by atoms with Crippen LogP contribution in [-0.2, 0) is 19.3 Å². The van der Waals surface area contributed by atoms with Crippen molar-refractivity contribution in [1.82, 2.24) is 5.43 Å². The Hall–Kier alpha value is -1.23. The predicted octanol–water partition coefficient (Wildman–Crippen LogP) is 3.82. The Bertz CT molecular complexity index is 637. The van der Waals surface area contributed by atoms with Gasteiger partial charge < -0.3 is 0 Å². The molecule has 1 atom stereocenters. The summed E-state index contributed by atoms with van der Waals surface area (Å²) in [5.74, 6) is 5.42. The van der Waals surface area contributed by atoms with Crippen molar-refractivity contribution >= 4 is 15.9 Å². The van der Waals surface area contributed by atoms with Gasteiger partial charge in [0.25, 0.3) is 0 Å². The minimum absolute atomic E-state index is 0.101. The fraction of sp³-hybridized carbons (Fsp3) is 0.294. The minimum Gasteiger partial charge on any atom is -0.271 e. The number of rotatable bonds is 4. The molecule has 0 aliphatic heterocycles. The van der Waals surface area contributed by atoms with E-state index in [0.29, 0.717) is 0 Å². The van der Waals surface area contributed by atoms with E-state index in [1.54, 1.807) is 0 Å². The summed E-state index contributed by atoms with van der Waals surface area (Å²) in [4.78, 5) is 0. The first-order valence-corrected chi connectivity index (χ1v) is 7.98. The second-order valence-electron chi connectivity index (χ2n) is 5.58. The molecule has 0 radical (unpaired) electrons. The summed E-state index contributed by atoms with van der Waals surface area (Å²) in [5.41, 5.74) is 7.80. The van der Waals surface area contributed by atoms with E-state index in [0.717, 1.165) is 22.9 Å². The molecular weight excluding hydrogens is 331 g/mol. The highest BCUT2D eigenvalue weighted by molar-refractivity contribution is 9.10. The number of hydrogen-bond acceptors (Lipinski definition) is 2. The highest BCUT2D eigenvalue weighted by Crippen LogP contribution is 2.26. The molecule has 110 valence electrons. The standard InChI is InChI=1S/C17H18BrFN2/c18-15-8-14(9-16(19)10-15)17(21-20)7-11-4-5-12-2-1-3-13(12)6-11/h4-6,8-10,17,21H,1-3,7,20H2.